The molecule has 1 aromatic carbocycles. The Morgan fingerprint density at radius 2 is 1.73 bits per heavy atom. The fourth-order valence-corrected chi connectivity index (χ4v) is 13.5. The summed E-state index contributed by atoms with van der Waals surface area (Å²) in [5.41, 5.74) is 8.64. The fraction of sp³-hybridized carbons (Fsp3) is 0.650. The van der Waals surface area contributed by atoms with Crippen LogP contribution in [0.15, 0.2) is 53.4 Å². The number of rotatable bonds is 6. The summed E-state index contributed by atoms with van der Waals surface area (Å²) in [6.07, 6.45) is 14.0. The molecule has 7 rings (SSSR count). The van der Waals surface area contributed by atoms with Crippen molar-refractivity contribution in [2.45, 2.75) is 111 Å². The summed E-state index contributed by atoms with van der Waals surface area (Å²) in [6.45, 7) is 20.8. The van der Waals surface area contributed by atoms with Gasteiger partial charge < -0.3 is 10.4 Å². The number of nitrogens with one attached hydrogen (secondary N) is 1. The van der Waals surface area contributed by atoms with Gasteiger partial charge in [0, 0.05) is 17.5 Å². The first-order valence-electron chi connectivity index (χ1n) is 17.6. The van der Waals surface area contributed by atoms with Gasteiger partial charge in [0.1, 0.15) is 0 Å². The van der Waals surface area contributed by atoms with Gasteiger partial charge in [0.2, 0.25) is 0 Å². The second kappa shape index (κ2) is 10.6. The molecule has 0 saturated heterocycles. The molecule has 2 N–H and O–H groups in total. The number of allylic oxidation sites excluding steroid dienone is 3. The minimum atomic E-state index is -0.857. The molecular weight excluding hydrogens is 573 g/mol. The molecule has 1 heterocycles. The van der Waals surface area contributed by atoms with Gasteiger partial charge >= 0.3 is 5.97 Å². The van der Waals surface area contributed by atoms with Crippen molar-refractivity contribution in [2.75, 3.05) is 0 Å². The quantitative estimate of drug-likeness (QED) is 0.313. The van der Waals surface area contributed by atoms with E-state index < -0.39 is 5.97 Å². The van der Waals surface area contributed by atoms with Gasteiger partial charge in [-0.1, -0.05) is 65.0 Å². The van der Waals surface area contributed by atoms with E-state index in [4.69, 9.17) is 0 Å². The molecule has 0 bridgehead atoms. The lowest BCUT2D eigenvalue weighted by Crippen LogP contribution is -2.67. The second-order valence-corrected chi connectivity index (χ2v) is 17.8. The van der Waals surface area contributed by atoms with Crippen LogP contribution in [0.5, 0.6) is 0 Å². The van der Waals surface area contributed by atoms with E-state index in [1.165, 1.54) is 73.8 Å². The van der Waals surface area contributed by atoms with E-state index >= 15 is 0 Å². The molecule has 0 amide bonds. The molecule has 0 unspecified atom stereocenters. The van der Waals surface area contributed by atoms with Gasteiger partial charge in [-0.15, -0.1) is 11.3 Å². The standard InChI is InChI=1S/C40H54N2O2S/c1-25(2)29-14-19-40(42-22-28-23-45-24-41-28)21-20-38(6)31(34(29)40)12-13-33-37(5)17-15-30(26-8-10-27(11-9-26)35(43)44)36(3,4)32(37)16-18-39(33,38)7/h8-11,15,23-24,29,31-34,42H,1,12-14,16-22H2,2-7H3,(H,43,44)/t29-,31+,32-,33+,34+,37-,38+,39+,40-/m0/s1. The Morgan fingerprint density at radius 3 is 2.40 bits per heavy atom. The summed E-state index contributed by atoms with van der Waals surface area (Å²) >= 11 is 1.70. The molecule has 5 aliphatic rings. The van der Waals surface area contributed by atoms with E-state index in [1.807, 2.05) is 17.6 Å². The van der Waals surface area contributed by atoms with Crippen LogP contribution in [0.3, 0.4) is 0 Å². The number of fused-ring (bicyclic) bond motifs is 7. The van der Waals surface area contributed by atoms with Crippen molar-refractivity contribution in [2.24, 2.45) is 51.2 Å². The monoisotopic (exact) mass is 626 g/mol. The minimum Gasteiger partial charge on any atom is -0.478 e. The zero-order valence-corrected chi connectivity index (χ0v) is 29.2. The lowest BCUT2D eigenvalue weighted by Gasteiger charge is -2.72. The summed E-state index contributed by atoms with van der Waals surface area (Å²) in [4.78, 5) is 16.2. The number of carboxylic acid groups (broad SMARTS) is 1. The number of carbonyl (C=O) groups is 1. The van der Waals surface area contributed by atoms with Gasteiger partial charge in [-0.2, -0.15) is 0 Å². The molecule has 242 valence electrons. The molecule has 0 aliphatic heterocycles. The molecule has 4 fully saturated rings. The number of aromatic carboxylic acids is 1. The van der Waals surface area contributed by atoms with Crippen LogP contribution in [0, 0.1) is 51.2 Å². The molecular formula is C40H54N2O2S. The highest BCUT2D eigenvalue weighted by Crippen LogP contribution is 2.76. The van der Waals surface area contributed by atoms with E-state index in [9.17, 15) is 9.90 Å². The number of nitrogens with zero attached hydrogens (tertiary/aromatic N) is 1. The first kappa shape index (κ1) is 31.4. The van der Waals surface area contributed by atoms with Crippen molar-refractivity contribution in [1.29, 1.82) is 0 Å². The topological polar surface area (TPSA) is 62.2 Å². The summed E-state index contributed by atoms with van der Waals surface area (Å²) < 4.78 is 0. The van der Waals surface area contributed by atoms with Gasteiger partial charge in [0.05, 0.1) is 16.8 Å². The van der Waals surface area contributed by atoms with Crippen LogP contribution in [0.4, 0.5) is 0 Å². The van der Waals surface area contributed by atoms with Crippen molar-refractivity contribution >= 4 is 22.9 Å². The Labute approximate surface area is 275 Å². The molecule has 0 spiro atoms. The number of hydrogen-bond acceptors (Lipinski definition) is 4. The third-order valence-electron chi connectivity index (χ3n) is 15.2. The lowest BCUT2D eigenvalue weighted by atomic mass is 9.33. The zero-order chi connectivity index (χ0) is 32.0. The van der Waals surface area contributed by atoms with Crippen molar-refractivity contribution < 1.29 is 9.90 Å². The highest BCUT2D eigenvalue weighted by molar-refractivity contribution is 7.07. The largest absolute Gasteiger partial charge is 0.478 e. The van der Waals surface area contributed by atoms with E-state index in [0.29, 0.717) is 40.1 Å². The van der Waals surface area contributed by atoms with Crippen molar-refractivity contribution in [3.63, 3.8) is 0 Å². The highest BCUT2D eigenvalue weighted by Gasteiger charge is 2.70. The number of thiazole rings is 1. The average Bonchev–Trinajstić information content (AvgIpc) is 3.65. The first-order valence-corrected chi connectivity index (χ1v) is 18.5. The summed E-state index contributed by atoms with van der Waals surface area (Å²) in [5, 5.41) is 15.8. The molecule has 0 radical (unpaired) electrons. The average molecular weight is 627 g/mol. The number of hydrogen-bond donors (Lipinski definition) is 2. The Hall–Kier alpha value is -2.24. The second-order valence-electron chi connectivity index (χ2n) is 17.1. The van der Waals surface area contributed by atoms with Crippen molar-refractivity contribution in [1.82, 2.24) is 10.3 Å². The highest BCUT2D eigenvalue weighted by atomic mass is 32.1. The smallest absolute Gasteiger partial charge is 0.335 e. The Kier molecular flexibility index (Phi) is 7.41. The van der Waals surface area contributed by atoms with Crippen LogP contribution < -0.4 is 5.32 Å². The molecule has 4 nitrogen and oxygen atoms in total. The van der Waals surface area contributed by atoms with Gasteiger partial charge in [0.15, 0.2) is 0 Å². The van der Waals surface area contributed by atoms with Crippen LogP contribution in [0.1, 0.15) is 121 Å². The predicted molar refractivity (Wildman–Crippen MR) is 185 cm³/mol. The molecule has 2 aromatic rings. The third kappa shape index (κ3) is 4.45. The number of aromatic nitrogens is 1. The SMILES string of the molecule is C=C(C)[C@@H]1CC[C@]2(NCc3cscn3)CC[C@]3(C)[C@H](CC[C@@H]4[C@@]5(C)CC=C(c6ccc(C(=O)O)cc6)C(C)(C)[C@@H]5CC[C@]43C)[C@@H]12. The molecule has 5 aliphatic carbocycles. The third-order valence-corrected chi connectivity index (χ3v) is 15.8. The van der Waals surface area contributed by atoms with Gasteiger partial charge in [-0.25, -0.2) is 9.78 Å². The van der Waals surface area contributed by atoms with E-state index in [2.05, 4.69) is 69.9 Å². The van der Waals surface area contributed by atoms with Crippen LogP contribution in [0.25, 0.3) is 5.57 Å². The van der Waals surface area contributed by atoms with Crippen molar-refractivity contribution in [3.05, 3.63) is 70.2 Å². The molecule has 1 aromatic heterocycles. The predicted octanol–water partition coefficient (Wildman–Crippen LogP) is 10.0. The Morgan fingerprint density at radius 1 is 0.978 bits per heavy atom. The molecule has 45 heavy (non-hydrogen) atoms. The van der Waals surface area contributed by atoms with Crippen LogP contribution in [-0.4, -0.2) is 21.6 Å². The van der Waals surface area contributed by atoms with Gasteiger partial charge in [-0.3, -0.25) is 0 Å². The Balaban J connectivity index is 1.21. The molecule has 4 saturated carbocycles. The van der Waals surface area contributed by atoms with E-state index in [-0.39, 0.29) is 16.4 Å². The van der Waals surface area contributed by atoms with Gasteiger partial charge in [0.25, 0.3) is 0 Å². The summed E-state index contributed by atoms with van der Waals surface area (Å²) in [7, 11) is 0. The van der Waals surface area contributed by atoms with Crippen LogP contribution in [0.2, 0.25) is 0 Å². The van der Waals surface area contributed by atoms with Gasteiger partial charge in [-0.05, 0) is 139 Å². The summed E-state index contributed by atoms with van der Waals surface area (Å²) in [5.74, 6) is 2.44. The van der Waals surface area contributed by atoms with E-state index in [1.54, 1.807) is 23.5 Å². The van der Waals surface area contributed by atoms with Crippen LogP contribution in [-0.2, 0) is 6.54 Å². The minimum absolute atomic E-state index is 0.0364. The van der Waals surface area contributed by atoms with Crippen molar-refractivity contribution in [3.8, 4) is 0 Å². The maximum Gasteiger partial charge on any atom is 0.335 e. The fourth-order valence-electron chi connectivity index (χ4n) is 12.9. The zero-order valence-electron chi connectivity index (χ0n) is 28.4. The molecule has 5 heteroatoms. The summed E-state index contributed by atoms with van der Waals surface area (Å²) in [6, 6.07) is 7.63. The number of benzene rings is 1. The normalized spacial score (nSPS) is 41.6. The first-order chi connectivity index (χ1) is 21.3. The maximum absolute atomic E-state index is 11.5. The van der Waals surface area contributed by atoms with Crippen LogP contribution >= 0.6 is 11.3 Å². The number of carboxylic acids is 1. The Bertz CT molecular complexity index is 1510. The lowest BCUT2D eigenvalue weighted by molar-refractivity contribution is -0.219. The maximum atomic E-state index is 11.5. The molecule has 9 atom stereocenters. The van der Waals surface area contributed by atoms with E-state index in [0.717, 1.165) is 18.9 Å².